The van der Waals surface area contributed by atoms with Gasteiger partial charge < -0.3 is 11.5 Å². The van der Waals surface area contributed by atoms with E-state index in [0.717, 1.165) is 12.1 Å². The summed E-state index contributed by atoms with van der Waals surface area (Å²) in [5, 5.41) is 0. The van der Waals surface area contributed by atoms with Gasteiger partial charge in [-0.2, -0.15) is 13.2 Å². The van der Waals surface area contributed by atoms with Crippen LogP contribution in [0, 0.1) is 0 Å². The summed E-state index contributed by atoms with van der Waals surface area (Å²) in [7, 11) is 0. The number of halogens is 4. The SMILES string of the molecule is NC(=O)c1c(Br)ccc(C(F)(F)F)c1N. The Bertz CT molecular complexity index is 417. The van der Waals surface area contributed by atoms with Crippen molar-refractivity contribution in [1.82, 2.24) is 0 Å². The van der Waals surface area contributed by atoms with E-state index in [4.69, 9.17) is 11.5 Å². The first-order chi connectivity index (χ1) is 6.75. The number of anilines is 1. The smallest absolute Gasteiger partial charge is 0.398 e. The van der Waals surface area contributed by atoms with Crippen LogP contribution in [0.3, 0.4) is 0 Å². The normalized spacial score (nSPS) is 11.5. The first kappa shape index (κ1) is 11.8. The lowest BCUT2D eigenvalue weighted by molar-refractivity contribution is -0.136. The molecule has 0 aliphatic carbocycles. The lowest BCUT2D eigenvalue weighted by atomic mass is 10.1. The zero-order valence-corrected chi connectivity index (χ0v) is 8.82. The van der Waals surface area contributed by atoms with Crippen molar-refractivity contribution < 1.29 is 18.0 Å². The summed E-state index contributed by atoms with van der Waals surface area (Å²) in [6.07, 6.45) is -4.60. The third kappa shape index (κ3) is 2.23. The Morgan fingerprint density at radius 3 is 2.27 bits per heavy atom. The zero-order valence-electron chi connectivity index (χ0n) is 7.23. The van der Waals surface area contributed by atoms with Gasteiger partial charge in [-0.1, -0.05) is 0 Å². The average Bonchev–Trinajstić information content (AvgIpc) is 2.00. The zero-order chi connectivity index (χ0) is 11.8. The van der Waals surface area contributed by atoms with Crippen LogP contribution in [0.2, 0.25) is 0 Å². The fourth-order valence-corrected chi connectivity index (χ4v) is 1.63. The molecule has 0 unspecified atom stereocenters. The molecule has 0 saturated heterocycles. The first-order valence-corrected chi connectivity index (χ1v) is 4.49. The summed E-state index contributed by atoms with van der Waals surface area (Å²) in [4.78, 5) is 10.9. The van der Waals surface area contributed by atoms with Crippen LogP contribution < -0.4 is 11.5 Å². The van der Waals surface area contributed by atoms with Crippen molar-refractivity contribution in [3.05, 3.63) is 27.7 Å². The minimum Gasteiger partial charge on any atom is -0.398 e. The molecule has 0 spiro atoms. The second kappa shape index (κ2) is 3.73. The van der Waals surface area contributed by atoms with Crippen LogP contribution in [0.4, 0.5) is 18.9 Å². The molecule has 0 aromatic heterocycles. The molecule has 0 saturated carbocycles. The van der Waals surface area contributed by atoms with Crippen molar-refractivity contribution in [3.63, 3.8) is 0 Å². The number of alkyl halides is 3. The summed E-state index contributed by atoms with van der Waals surface area (Å²) >= 11 is 2.90. The molecule has 4 N–H and O–H groups in total. The highest BCUT2D eigenvalue weighted by Gasteiger charge is 2.34. The highest BCUT2D eigenvalue weighted by Crippen LogP contribution is 2.37. The van der Waals surface area contributed by atoms with Crippen LogP contribution in [0.5, 0.6) is 0 Å². The number of nitrogens with two attached hydrogens (primary N) is 2. The van der Waals surface area contributed by atoms with Crippen molar-refractivity contribution in [2.45, 2.75) is 6.18 Å². The fourth-order valence-electron chi connectivity index (χ4n) is 1.09. The van der Waals surface area contributed by atoms with Crippen LogP contribution in [-0.2, 0) is 6.18 Å². The summed E-state index contributed by atoms with van der Waals surface area (Å²) in [6.45, 7) is 0. The predicted octanol–water partition coefficient (Wildman–Crippen LogP) is 2.15. The summed E-state index contributed by atoms with van der Waals surface area (Å²) in [5.41, 5.74) is 8.04. The van der Waals surface area contributed by atoms with Crippen LogP contribution >= 0.6 is 15.9 Å². The number of hydrogen-bond acceptors (Lipinski definition) is 2. The molecule has 0 bridgehead atoms. The van der Waals surface area contributed by atoms with Crippen molar-refractivity contribution in [2.75, 3.05) is 5.73 Å². The van der Waals surface area contributed by atoms with Gasteiger partial charge in [0.2, 0.25) is 0 Å². The third-order valence-corrected chi connectivity index (χ3v) is 2.41. The first-order valence-electron chi connectivity index (χ1n) is 3.70. The molecule has 7 heteroatoms. The van der Waals surface area contributed by atoms with Gasteiger partial charge in [0.25, 0.3) is 5.91 Å². The molecular weight excluding hydrogens is 277 g/mol. The highest BCUT2D eigenvalue weighted by molar-refractivity contribution is 9.10. The molecular formula is C8H6BrF3N2O. The predicted molar refractivity (Wildman–Crippen MR) is 52.1 cm³/mol. The lowest BCUT2D eigenvalue weighted by Crippen LogP contribution is -2.18. The van der Waals surface area contributed by atoms with Gasteiger partial charge in [0.1, 0.15) is 0 Å². The molecule has 1 amide bonds. The Morgan fingerprint density at radius 1 is 1.33 bits per heavy atom. The Hall–Kier alpha value is -1.24. The molecule has 0 aliphatic heterocycles. The monoisotopic (exact) mass is 282 g/mol. The minimum atomic E-state index is -4.60. The number of carbonyl (C=O) groups is 1. The second-order valence-electron chi connectivity index (χ2n) is 2.75. The van der Waals surface area contributed by atoms with Gasteiger partial charge in [0.15, 0.2) is 0 Å². The van der Waals surface area contributed by atoms with E-state index in [1.54, 1.807) is 0 Å². The van der Waals surface area contributed by atoms with Crippen molar-refractivity contribution >= 4 is 27.5 Å². The maximum atomic E-state index is 12.4. The number of primary amides is 1. The average molecular weight is 283 g/mol. The highest BCUT2D eigenvalue weighted by atomic mass is 79.9. The molecule has 0 radical (unpaired) electrons. The van der Waals surface area contributed by atoms with Gasteiger partial charge in [-0.05, 0) is 28.1 Å². The second-order valence-corrected chi connectivity index (χ2v) is 3.60. The van der Waals surface area contributed by atoms with Gasteiger partial charge >= 0.3 is 6.18 Å². The number of rotatable bonds is 1. The Labute approximate surface area is 91.4 Å². The molecule has 82 valence electrons. The maximum Gasteiger partial charge on any atom is 0.418 e. The van der Waals surface area contributed by atoms with Crippen LogP contribution in [-0.4, -0.2) is 5.91 Å². The Balaban J connectivity index is 3.49. The molecule has 1 aromatic carbocycles. The van der Waals surface area contributed by atoms with E-state index in [1.165, 1.54) is 0 Å². The third-order valence-electron chi connectivity index (χ3n) is 1.75. The molecule has 15 heavy (non-hydrogen) atoms. The van der Waals surface area contributed by atoms with Gasteiger partial charge in [-0.3, -0.25) is 4.79 Å². The standard InChI is InChI=1S/C8H6BrF3N2O/c9-4-2-1-3(8(10,11)12)6(13)5(4)7(14)15/h1-2H,13H2,(H2,14,15). The van der Waals surface area contributed by atoms with E-state index < -0.39 is 23.3 Å². The number of benzene rings is 1. The van der Waals surface area contributed by atoms with Gasteiger partial charge in [0, 0.05) is 4.47 Å². The van der Waals surface area contributed by atoms with E-state index in [9.17, 15) is 18.0 Å². The largest absolute Gasteiger partial charge is 0.418 e. The van der Waals surface area contributed by atoms with Crippen LogP contribution in [0.15, 0.2) is 16.6 Å². The topological polar surface area (TPSA) is 69.1 Å². The molecule has 1 rings (SSSR count). The molecule has 3 nitrogen and oxygen atoms in total. The van der Waals surface area contributed by atoms with Crippen molar-refractivity contribution in [1.29, 1.82) is 0 Å². The Morgan fingerprint density at radius 2 is 1.87 bits per heavy atom. The van der Waals surface area contributed by atoms with Crippen LogP contribution in [0.25, 0.3) is 0 Å². The quantitative estimate of drug-likeness (QED) is 0.775. The summed E-state index contributed by atoms with van der Waals surface area (Å²) in [5.74, 6) is -1.01. The molecule has 1 aromatic rings. The Kier molecular flexibility index (Phi) is 2.94. The molecule has 0 atom stereocenters. The van der Waals surface area contributed by atoms with E-state index in [1.807, 2.05) is 0 Å². The minimum absolute atomic E-state index is 0.139. The molecule has 0 aliphatic rings. The lowest BCUT2D eigenvalue weighted by Gasteiger charge is -2.13. The number of nitrogen functional groups attached to an aromatic ring is 1. The van der Waals surface area contributed by atoms with Crippen LogP contribution in [0.1, 0.15) is 15.9 Å². The van der Waals surface area contributed by atoms with Gasteiger partial charge in [0.05, 0.1) is 16.8 Å². The molecule has 0 fully saturated rings. The van der Waals surface area contributed by atoms with E-state index in [0.29, 0.717) is 0 Å². The van der Waals surface area contributed by atoms with Crippen molar-refractivity contribution in [2.24, 2.45) is 5.73 Å². The van der Waals surface area contributed by atoms with Crippen molar-refractivity contribution in [3.8, 4) is 0 Å². The number of hydrogen-bond donors (Lipinski definition) is 2. The molecule has 0 heterocycles. The van der Waals surface area contributed by atoms with E-state index in [2.05, 4.69) is 15.9 Å². The summed E-state index contributed by atoms with van der Waals surface area (Å²) in [6, 6.07) is 1.87. The maximum absolute atomic E-state index is 12.4. The summed E-state index contributed by atoms with van der Waals surface area (Å²) < 4.78 is 37.3. The fraction of sp³-hybridized carbons (Fsp3) is 0.125. The number of carbonyl (C=O) groups excluding carboxylic acids is 1. The van der Waals surface area contributed by atoms with E-state index >= 15 is 0 Å². The number of amides is 1. The van der Waals surface area contributed by atoms with Gasteiger partial charge in [-0.15, -0.1) is 0 Å². The van der Waals surface area contributed by atoms with E-state index in [-0.39, 0.29) is 10.0 Å². The van der Waals surface area contributed by atoms with Gasteiger partial charge in [-0.25, -0.2) is 0 Å².